The average molecular weight is 492 g/mol. The van der Waals surface area contributed by atoms with Crippen molar-refractivity contribution in [3.63, 3.8) is 0 Å². The molecular weight excluding hydrogens is 474 g/mol. The summed E-state index contributed by atoms with van der Waals surface area (Å²) in [5.74, 6) is -3.42. The van der Waals surface area contributed by atoms with Gasteiger partial charge in [-0.05, 0) is 24.3 Å². The molecule has 10 nitrogen and oxygen atoms in total. The van der Waals surface area contributed by atoms with E-state index in [1.807, 2.05) is 0 Å². The number of hydrogen-bond donors (Lipinski definition) is 2. The van der Waals surface area contributed by atoms with Crippen LogP contribution in [0.4, 0.5) is 20.2 Å². The van der Waals surface area contributed by atoms with Crippen molar-refractivity contribution in [2.45, 2.75) is 11.4 Å². The average Bonchev–Trinajstić information content (AvgIpc) is 2.80. The first-order valence-electron chi connectivity index (χ1n) is 9.74. The lowest BCUT2D eigenvalue weighted by Crippen LogP contribution is -2.49. The van der Waals surface area contributed by atoms with E-state index in [0.29, 0.717) is 28.8 Å². The Kier molecular flexibility index (Phi) is 5.93. The Bertz CT molecular complexity index is 1420. The molecule has 0 aliphatic carbocycles. The third-order valence-corrected chi connectivity index (χ3v) is 6.27. The third kappa shape index (κ3) is 4.04. The van der Waals surface area contributed by atoms with Crippen LogP contribution >= 0.6 is 0 Å². The van der Waals surface area contributed by atoms with Crippen LogP contribution in [0.3, 0.4) is 0 Å². The second-order valence-electron chi connectivity index (χ2n) is 7.40. The van der Waals surface area contributed by atoms with Gasteiger partial charge in [0.15, 0.2) is 0 Å². The van der Waals surface area contributed by atoms with Gasteiger partial charge in [-0.3, -0.25) is 19.5 Å². The molecule has 0 radical (unpaired) electrons. The number of amides is 2. The Labute approximate surface area is 192 Å². The highest BCUT2D eigenvalue weighted by atomic mass is 32.2. The number of carbonyl (C=O) groups is 2. The molecule has 0 saturated carbocycles. The lowest BCUT2D eigenvalue weighted by molar-refractivity contribution is -0.124. The summed E-state index contributed by atoms with van der Waals surface area (Å²) in [5, 5.41) is 14.7. The van der Waals surface area contributed by atoms with Crippen molar-refractivity contribution < 1.29 is 36.6 Å². The van der Waals surface area contributed by atoms with Crippen LogP contribution in [-0.4, -0.2) is 50.6 Å². The third-order valence-electron chi connectivity index (χ3n) is 5.38. The van der Waals surface area contributed by atoms with Gasteiger partial charge in [0.2, 0.25) is 15.9 Å². The minimum Gasteiger partial charge on any atom is -0.497 e. The number of pyridine rings is 1. The van der Waals surface area contributed by atoms with Crippen LogP contribution in [0, 0.1) is 11.6 Å². The second-order valence-corrected chi connectivity index (χ2v) is 8.96. The maximum Gasteiger partial charge on any atom is 0.253 e. The lowest BCUT2D eigenvalue weighted by Gasteiger charge is -2.36. The first-order chi connectivity index (χ1) is 16.0. The van der Waals surface area contributed by atoms with E-state index in [2.05, 4.69) is 4.98 Å². The van der Waals surface area contributed by atoms with Crippen LogP contribution in [0.15, 0.2) is 41.4 Å². The molecule has 0 spiro atoms. The van der Waals surface area contributed by atoms with E-state index in [1.54, 1.807) is 18.2 Å². The molecule has 3 aromatic rings. The number of hydrogen-bond acceptors (Lipinski definition) is 7. The normalized spacial score (nSPS) is 13.9. The van der Waals surface area contributed by atoms with Crippen LogP contribution < -0.4 is 19.7 Å². The van der Waals surface area contributed by atoms with Crippen LogP contribution in [0.25, 0.3) is 10.9 Å². The number of nitrogens with two attached hydrogens (primary N) is 1. The van der Waals surface area contributed by atoms with Crippen LogP contribution in [0.1, 0.15) is 5.56 Å². The lowest BCUT2D eigenvalue weighted by atomic mass is 10.1. The molecule has 34 heavy (non-hydrogen) atoms. The Morgan fingerprint density at radius 1 is 1.24 bits per heavy atom. The number of methoxy groups -OCH3 is 1. The summed E-state index contributed by atoms with van der Waals surface area (Å²) in [5.41, 5.74) is 0.0881. The summed E-state index contributed by atoms with van der Waals surface area (Å²) in [6, 6.07) is 5.87. The van der Waals surface area contributed by atoms with Gasteiger partial charge >= 0.3 is 0 Å². The summed E-state index contributed by atoms with van der Waals surface area (Å²) < 4.78 is 57.6. The largest absolute Gasteiger partial charge is 0.497 e. The molecule has 1 aliphatic rings. The summed E-state index contributed by atoms with van der Waals surface area (Å²) in [7, 11) is -2.91. The van der Waals surface area contributed by atoms with E-state index in [0.717, 1.165) is 9.80 Å². The summed E-state index contributed by atoms with van der Waals surface area (Å²) in [6.07, 6.45) is 1.31. The van der Waals surface area contributed by atoms with Gasteiger partial charge in [0, 0.05) is 17.0 Å². The maximum absolute atomic E-state index is 14.7. The highest BCUT2D eigenvalue weighted by Crippen LogP contribution is 2.41. The fourth-order valence-electron chi connectivity index (χ4n) is 3.72. The summed E-state index contributed by atoms with van der Waals surface area (Å²) in [4.78, 5) is 31.0. The number of halogens is 2. The first-order valence-corrected chi connectivity index (χ1v) is 11.3. The number of aliphatic hydroxyl groups is 1. The van der Waals surface area contributed by atoms with Crippen molar-refractivity contribution in [3.05, 3.63) is 53.7 Å². The Morgan fingerprint density at radius 2 is 1.91 bits per heavy atom. The first kappa shape index (κ1) is 23.5. The number of primary sulfonamides is 1. The number of aliphatic hydroxyl groups excluding tert-OH is 1. The van der Waals surface area contributed by atoms with E-state index < -0.39 is 63.6 Å². The van der Waals surface area contributed by atoms with Gasteiger partial charge in [-0.2, -0.15) is 0 Å². The minimum atomic E-state index is -4.36. The fourth-order valence-corrected chi connectivity index (χ4v) is 4.25. The summed E-state index contributed by atoms with van der Waals surface area (Å²) >= 11 is 0. The zero-order valence-electron chi connectivity index (χ0n) is 17.7. The van der Waals surface area contributed by atoms with Gasteiger partial charge in [0.25, 0.3) is 5.91 Å². The standard InChI is InChI=1S/C21H18F2N4O6S/c1-33-11-2-3-13-17(4-11)25-7-18-21(13)27(19(29)9-26(18)20(30)10-28)8-14-15(22)5-12(6-16(14)23)34(24,31)32/h2-7,28H,8-10H2,1H3,(H2,24,31,32). The van der Waals surface area contributed by atoms with Gasteiger partial charge in [-0.15, -0.1) is 0 Å². The molecule has 2 heterocycles. The Morgan fingerprint density at radius 3 is 2.50 bits per heavy atom. The molecule has 1 aromatic heterocycles. The van der Waals surface area contributed by atoms with Crippen molar-refractivity contribution in [3.8, 4) is 5.75 Å². The number of carbonyl (C=O) groups excluding carboxylic acids is 2. The van der Waals surface area contributed by atoms with E-state index >= 15 is 0 Å². The number of nitrogens with zero attached hydrogens (tertiary/aromatic N) is 3. The molecule has 0 bridgehead atoms. The van der Waals surface area contributed by atoms with Gasteiger partial charge in [0.05, 0.1) is 41.6 Å². The Balaban J connectivity index is 1.90. The number of aromatic nitrogens is 1. The quantitative estimate of drug-likeness (QED) is 0.542. The van der Waals surface area contributed by atoms with Crippen molar-refractivity contribution in [1.29, 1.82) is 0 Å². The van der Waals surface area contributed by atoms with E-state index in [4.69, 9.17) is 9.88 Å². The molecule has 0 atom stereocenters. The van der Waals surface area contributed by atoms with E-state index in [9.17, 15) is 31.9 Å². The number of ether oxygens (including phenoxy) is 1. The predicted molar refractivity (Wildman–Crippen MR) is 117 cm³/mol. The molecule has 13 heteroatoms. The molecule has 1 aliphatic heterocycles. The number of fused-ring (bicyclic) bond motifs is 3. The zero-order chi connectivity index (χ0) is 24.8. The van der Waals surface area contributed by atoms with Crippen LogP contribution in [0.5, 0.6) is 5.75 Å². The number of anilines is 2. The second kappa shape index (κ2) is 8.59. The topological polar surface area (TPSA) is 143 Å². The van der Waals surface area contributed by atoms with Crippen LogP contribution in [-0.2, 0) is 26.2 Å². The monoisotopic (exact) mass is 492 g/mol. The molecular formula is C21H18F2N4O6S. The Hall–Kier alpha value is -3.68. The van der Waals surface area contributed by atoms with Gasteiger partial charge in [0.1, 0.15) is 30.5 Å². The van der Waals surface area contributed by atoms with Crippen molar-refractivity contribution >= 4 is 44.1 Å². The van der Waals surface area contributed by atoms with Crippen molar-refractivity contribution in [2.75, 3.05) is 30.1 Å². The minimum absolute atomic E-state index is 0.139. The number of sulfonamides is 1. The van der Waals surface area contributed by atoms with Gasteiger partial charge in [-0.25, -0.2) is 22.3 Å². The highest BCUT2D eigenvalue weighted by Gasteiger charge is 2.35. The van der Waals surface area contributed by atoms with E-state index in [-0.39, 0.29) is 11.4 Å². The maximum atomic E-state index is 14.7. The number of benzene rings is 2. The molecule has 0 saturated heterocycles. The molecule has 4 rings (SSSR count). The fraction of sp³-hybridized carbons (Fsp3) is 0.190. The predicted octanol–water partition coefficient (Wildman–Crippen LogP) is 1.04. The summed E-state index contributed by atoms with van der Waals surface area (Å²) in [6.45, 7) is -1.99. The molecule has 178 valence electrons. The van der Waals surface area contributed by atoms with Crippen LogP contribution in [0.2, 0.25) is 0 Å². The van der Waals surface area contributed by atoms with E-state index in [1.165, 1.54) is 13.3 Å². The number of rotatable bonds is 5. The van der Waals surface area contributed by atoms with Crippen molar-refractivity contribution in [2.24, 2.45) is 5.14 Å². The molecule has 3 N–H and O–H groups in total. The molecule has 2 amide bonds. The molecule has 0 fully saturated rings. The molecule has 0 unspecified atom stereocenters. The van der Waals surface area contributed by atoms with Gasteiger partial charge < -0.3 is 14.7 Å². The smallest absolute Gasteiger partial charge is 0.253 e. The van der Waals surface area contributed by atoms with Crippen molar-refractivity contribution in [1.82, 2.24) is 4.98 Å². The SMILES string of the molecule is COc1ccc2c3c(cnc2c1)N(C(=O)CO)CC(=O)N3Cc1c(F)cc(S(N)(=O)=O)cc1F. The zero-order valence-corrected chi connectivity index (χ0v) is 18.5. The van der Waals surface area contributed by atoms with Gasteiger partial charge in [-0.1, -0.05) is 0 Å². The highest BCUT2D eigenvalue weighted by molar-refractivity contribution is 7.89. The molecule has 2 aromatic carbocycles.